The zero-order valence-corrected chi connectivity index (χ0v) is 21.3. The number of nitrogens with zero attached hydrogens (tertiary/aromatic N) is 4. The van der Waals surface area contributed by atoms with Crippen LogP contribution in [0.1, 0.15) is 5.56 Å². The van der Waals surface area contributed by atoms with E-state index < -0.39 is 0 Å². The summed E-state index contributed by atoms with van der Waals surface area (Å²) in [7, 11) is 0. The van der Waals surface area contributed by atoms with Crippen molar-refractivity contribution in [2.45, 2.75) is 0 Å². The highest BCUT2D eigenvalue weighted by Gasteiger charge is 2.23. The standard InChI is InChI=1S/C36H20N4/c37-21-22-14-15-27(23-8-2-1-3-9-23)28(16-22)26-18-30-29-17-24-10-4-5-11-25(24)19-33(29)40-35(30)34(20-26)39-32-13-7-6-12-31(32)38-36(39)40/h1-20H. The van der Waals surface area contributed by atoms with E-state index in [1.807, 2.05) is 24.3 Å². The van der Waals surface area contributed by atoms with E-state index in [0.717, 1.165) is 50.1 Å². The highest BCUT2D eigenvalue weighted by atomic mass is 15.2. The molecule has 0 N–H and O–H groups in total. The summed E-state index contributed by atoms with van der Waals surface area (Å²) in [6.07, 6.45) is 0. The van der Waals surface area contributed by atoms with Crippen LogP contribution in [0.3, 0.4) is 0 Å². The molecule has 3 aromatic heterocycles. The molecular formula is C36H20N4. The summed E-state index contributed by atoms with van der Waals surface area (Å²) in [5.41, 5.74) is 10.5. The SMILES string of the molecule is N#Cc1ccc(-c2ccccc2)c(-c2cc3c4cc5ccccc5cc4n4c3c(c2)n2c3ccccc3nc24)c1. The first-order valence-electron chi connectivity index (χ1n) is 13.4. The maximum Gasteiger partial charge on any atom is 0.220 e. The molecule has 0 aliphatic rings. The Morgan fingerprint density at radius 3 is 2.17 bits per heavy atom. The Hall–Kier alpha value is -5.66. The Kier molecular flexibility index (Phi) is 4.09. The topological polar surface area (TPSA) is 45.5 Å². The van der Waals surface area contributed by atoms with Crippen molar-refractivity contribution in [3.05, 3.63) is 127 Å². The lowest BCUT2D eigenvalue weighted by Crippen LogP contribution is -1.89. The van der Waals surface area contributed by atoms with Gasteiger partial charge in [-0.3, -0.25) is 8.80 Å². The lowest BCUT2D eigenvalue weighted by molar-refractivity contribution is 1.22. The van der Waals surface area contributed by atoms with Gasteiger partial charge in [-0.25, -0.2) is 4.98 Å². The van der Waals surface area contributed by atoms with Crippen LogP contribution in [-0.2, 0) is 0 Å². The summed E-state index contributed by atoms with van der Waals surface area (Å²) in [5, 5.41) is 14.6. The van der Waals surface area contributed by atoms with Crippen molar-refractivity contribution in [1.82, 2.24) is 13.8 Å². The molecule has 0 amide bonds. The molecular weight excluding hydrogens is 488 g/mol. The fourth-order valence-electron chi connectivity index (χ4n) is 6.47. The van der Waals surface area contributed by atoms with E-state index in [1.54, 1.807) is 0 Å². The Labute approximate surface area is 228 Å². The fraction of sp³-hybridized carbons (Fsp3) is 0. The number of nitriles is 1. The normalized spacial score (nSPS) is 12.0. The Morgan fingerprint density at radius 2 is 1.32 bits per heavy atom. The zero-order chi connectivity index (χ0) is 26.4. The van der Waals surface area contributed by atoms with Crippen molar-refractivity contribution in [3.8, 4) is 28.3 Å². The molecule has 0 aliphatic carbocycles. The van der Waals surface area contributed by atoms with Crippen molar-refractivity contribution in [2.75, 3.05) is 0 Å². The summed E-state index contributed by atoms with van der Waals surface area (Å²) in [5.74, 6) is 0.915. The molecule has 6 aromatic carbocycles. The average molecular weight is 509 g/mol. The molecule has 9 aromatic rings. The summed E-state index contributed by atoms with van der Waals surface area (Å²) in [4.78, 5) is 5.11. The van der Waals surface area contributed by atoms with Crippen molar-refractivity contribution < 1.29 is 0 Å². The van der Waals surface area contributed by atoms with Gasteiger partial charge in [0.2, 0.25) is 5.78 Å². The second-order valence-corrected chi connectivity index (χ2v) is 10.4. The van der Waals surface area contributed by atoms with Crippen LogP contribution in [0.4, 0.5) is 0 Å². The maximum absolute atomic E-state index is 9.82. The third kappa shape index (κ3) is 2.76. The number of aromatic nitrogens is 3. The van der Waals surface area contributed by atoms with E-state index in [4.69, 9.17) is 4.98 Å². The van der Waals surface area contributed by atoms with Crippen LogP contribution < -0.4 is 0 Å². The number of para-hydroxylation sites is 2. The predicted octanol–water partition coefficient (Wildman–Crippen LogP) is 8.84. The monoisotopic (exact) mass is 508 g/mol. The van der Waals surface area contributed by atoms with Gasteiger partial charge in [0.15, 0.2) is 0 Å². The molecule has 4 nitrogen and oxygen atoms in total. The Balaban J connectivity index is 1.50. The van der Waals surface area contributed by atoms with Crippen molar-refractivity contribution in [3.63, 3.8) is 0 Å². The van der Waals surface area contributed by atoms with Crippen LogP contribution in [0.25, 0.3) is 77.2 Å². The summed E-state index contributed by atoms with van der Waals surface area (Å²) < 4.78 is 4.60. The van der Waals surface area contributed by atoms with Crippen LogP contribution >= 0.6 is 0 Å². The number of fused-ring (bicyclic) bond motifs is 9. The van der Waals surface area contributed by atoms with Gasteiger partial charge in [-0.05, 0) is 81.6 Å². The van der Waals surface area contributed by atoms with Gasteiger partial charge in [-0.2, -0.15) is 5.26 Å². The molecule has 0 aliphatic heterocycles. The van der Waals surface area contributed by atoms with Crippen LogP contribution in [-0.4, -0.2) is 13.8 Å². The summed E-state index contributed by atoms with van der Waals surface area (Å²) in [6.45, 7) is 0. The predicted molar refractivity (Wildman–Crippen MR) is 163 cm³/mol. The van der Waals surface area contributed by atoms with Gasteiger partial charge in [-0.15, -0.1) is 0 Å². The molecule has 4 heteroatoms. The lowest BCUT2D eigenvalue weighted by Gasteiger charge is -2.12. The average Bonchev–Trinajstić information content (AvgIpc) is 3.65. The maximum atomic E-state index is 9.82. The third-order valence-electron chi connectivity index (χ3n) is 8.24. The number of imidazole rings is 2. The molecule has 0 atom stereocenters. The summed E-state index contributed by atoms with van der Waals surface area (Å²) in [6, 6.07) is 44.8. The lowest BCUT2D eigenvalue weighted by atomic mass is 9.92. The van der Waals surface area contributed by atoms with E-state index in [-0.39, 0.29) is 0 Å². The van der Waals surface area contributed by atoms with Crippen LogP contribution in [0.5, 0.6) is 0 Å². The van der Waals surface area contributed by atoms with E-state index in [1.165, 1.54) is 27.1 Å². The smallest absolute Gasteiger partial charge is 0.220 e. The summed E-state index contributed by atoms with van der Waals surface area (Å²) >= 11 is 0. The number of hydrogen-bond donors (Lipinski definition) is 0. The van der Waals surface area contributed by atoms with Crippen LogP contribution in [0, 0.1) is 11.3 Å². The Morgan fingerprint density at radius 1 is 0.550 bits per heavy atom. The quantitative estimate of drug-likeness (QED) is 0.234. The number of rotatable bonds is 2. The molecule has 3 heterocycles. The first-order chi connectivity index (χ1) is 19.8. The second kappa shape index (κ2) is 7.69. The molecule has 9 rings (SSSR count). The van der Waals surface area contributed by atoms with Gasteiger partial charge in [0, 0.05) is 10.8 Å². The third-order valence-corrected chi connectivity index (χ3v) is 8.24. The molecule has 0 bridgehead atoms. The van der Waals surface area contributed by atoms with E-state index in [0.29, 0.717) is 5.56 Å². The molecule has 0 radical (unpaired) electrons. The molecule has 40 heavy (non-hydrogen) atoms. The zero-order valence-electron chi connectivity index (χ0n) is 21.3. The van der Waals surface area contributed by atoms with E-state index >= 15 is 0 Å². The van der Waals surface area contributed by atoms with Gasteiger partial charge < -0.3 is 0 Å². The van der Waals surface area contributed by atoms with Gasteiger partial charge >= 0.3 is 0 Å². The van der Waals surface area contributed by atoms with Crippen molar-refractivity contribution in [1.29, 1.82) is 5.26 Å². The number of benzene rings is 6. The molecule has 0 fully saturated rings. The molecule has 0 saturated carbocycles. The molecule has 0 spiro atoms. The van der Waals surface area contributed by atoms with Gasteiger partial charge in [0.1, 0.15) is 0 Å². The largest absolute Gasteiger partial charge is 0.277 e. The van der Waals surface area contributed by atoms with Gasteiger partial charge in [-0.1, -0.05) is 72.8 Å². The van der Waals surface area contributed by atoms with Crippen LogP contribution in [0.2, 0.25) is 0 Å². The van der Waals surface area contributed by atoms with E-state index in [2.05, 4.69) is 112 Å². The van der Waals surface area contributed by atoms with Crippen LogP contribution in [0.15, 0.2) is 121 Å². The molecule has 0 unspecified atom stereocenters. The highest BCUT2D eigenvalue weighted by Crippen LogP contribution is 2.42. The first kappa shape index (κ1) is 21.3. The van der Waals surface area contributed by atoms with Crippen molar-refractivity contribution in [2.24, 2.45) is 0 Å². The first-order valence-corrected chi connectivity index (χ1v) is 13.4. The van der Waals surface area contributed by atoms with Crippen molar-refractivity contribution >= 4 is 54.9 Å². The van der Waals surface area contributed by atoms with Gasteiger partial charge in [0.25, 0.3) is 0 Å². The minimum Gasteiger partial charge on any atom is -0.277 e. The molecule has 184 valence electrons. The number of hydrogen-bond acceptors (Lipinski definition) is 2. The Bertz CT molecular complexity index is 2490. The van der Waals surface area contributed by atoms with E-state index in [9.17, 15) is 5.26 Å². The highest BCUT2D eigenvalue weighted by molar-refractivity contribution is 6.20. The van der Waals surface area contributed by atoms with Gasteiger partial charge in [0.05, 0.1) is 39.2 Å². The molecule has 0 saturated heterocycles. The fourth-order valence-corrected chi connectivity index (χ4v) is 6.47. The minimum atomic E-state index is 0.647. The minimum absolute atomic E-state index is 0.647. The second-order valence-electron chi connectivity index (χ2n) is 10.4.